The average molecular weight is 990 g/mol. The molecule has 3 heterocycles. The second-order valence-electron chi connectivity index (χ2n) is 21.0. The van der Waals surface area contributed by atoms with E-state index in [4.69, 9.17) is 32.5 Å². The molecule has 70 heavy (non-hydrogen) atoms. The first-order valence-electron chi connectivity index (χ1n) is 27.4. The Morgan fingerprint density at radius 1 is 0.914 bits per heavy atom. The lowest BCUT2D eigenvalue weighted by molar-refractivity contribution is -0.265. The highest BCUT2D eigenvalue weighted by molar-refractivity contribution is 6.39. The number of nitrogens with zero attached hydrogens (tertiary/aromatic N) is 1. The number of esters is 1. The molecule has 1 aliphatic carbocycles. The van der Waals surface area contributed by atoms with Crippen LogP contribution in [0.1, 0.15) is 138 Å². The van der Waals surface area contributed by atoms with Crippen LogP contribution in [0.3, 0.4) is 0 Å². The van der Waals surface area contributed by atoms with Crippen LogP contribution in [0.4, 0.5) is 0 Å². The second-order valence-corrected chi connectivity index (χ2v) is 21.0. The SMILES string of the molecule is [2H]C([2H])([2H])O[C@H]1C[C@@H]2CC[C@@H](C)[C@@](O)(O2)C(=O)C(=O)N2CCCC[C@H]2C(=O)O[C@H]([C@H](C)C[C@@H]2CC[C@@H](OCCO)[C@H](OC)C2)CC(=O)[C@H](C)/C=C(\C)[C@@H](O)[C@@H](OC)C(=O)[C@H](C)C([2H])(C)C(C)(C)/C=C/C=CC=C1C. The number of cyclic esters (lactones) is 1. The molecule has 15 nitrogen and oxygen atoms in total. The van der Waals surface area contributed by atoms with Gasteiger partial charge in [-0.2, -0.15) is 0 Å². The first kappa shape index (κ1) is 52.9. The van der Waals surface area contributed by atoms with Crippen LogP contribution in [0.25, 0.3) is 0 Å². The highest BCUT2D eigenvalue weighted by Gasteiger charge is 2.53. The van der Waals surface area contributed by atoms with Crippen LogP contribution in [-0.2, 0) is 52.4 Å². The summed E-state index contributed by atoms with van der Waals surface area (Å²) in [6, 6.07) is -1.24. The van der Waals surface area contributed by atoms with Gasteiger partial charge in [0.25, 0.3) is 11.7 Å². The van der Waals surface area contributed by atoms with Crippen LogP contribution in [-0.4, -0.2) is 145 Å². The van der Waals surface area contributed by atoms with Gasteiger partial charge < -0.3 is 48.6 Å². The monoisotopic (exact) mass is 990 g/mol. The topological polar surface area (TPSA) is 205 Å². The van der Waals surface area contributed by atoms with Crippen molar-refractivity contribution in [3.8, 4) is 0 Å². The third kappa shape index (κ3) is 15.1. The van der Waals surface area contributed by atoms with Gasteiger partial charge in [0.1, 0.15) is 30.1 Å². The Morgan fingerprint density at radius 2 is 1.64 bits per heavy atom. The number of aliphatic hydroxyl groups excluding tert-OH is 2. The molecule has 4 rings (SSSR count). The van der Waals surface area contributed by atoms with Crippen molar-refractivity contribution < 1.29 is 73.2 Å². The fourth-order valence-electron chi connectivity index (χ4n) is 10.5. The summed E-state index contributed by atoms with van der Waals surface area (Å²) < 4.78 is 68.5. The van der Waals surface area contributed by atoms with Crippen LogP contribution < -0.4 is 0 Å². The molecule has 3 N–H and O–H groups in total. The van der Waals surface area contributed by atoms with Crippen LogP contribution in [0.2, 0.25) is 0 Å². The average Bonchev–Trinajstić information content (AvgIpc) is 3.34. The molecule has 0 spiro atoms. The number of carbonyl (C=O) groups is 5. The van der Waals surface area contributed by atoms with Crippen LogP contribution in [0, 0.1) is 40.9 Å². The van der Waals surface area contributed by atoms with Crippen LogP contribution >= 0.6 is 0 Å². The Morgan fingerprint density at radius 3 is 2.31 bits per heavy atom. The number of hydrogen-bond acceptors (Lipinski definition) is 14. The summed E-state index contributed by atoms with van der Waals surface area (Å²) in [6.07, 6.45) is 7.59. The van der Waals surface area contributed by atoms with Crippen molar-refractivity contribution in [1.29, 1.82) is 0 Å². The number of hydrogen-bond donors (Lipinski definition) is 3. The van der Waals surface area contributed by atoms with Crippen molar-refractivity contribution in [2.45, 2.75) is 187 Å². The lowest BCUT2D eigenvalue weighted by Gasteiger charge is -2.42. The second kappa shape index (κ2) is 27.0. The molecule has 2 bridgehead atoms. The Hall–Kier alpha value is -3.41. The molecule has 1 saturated carbocycles. The Bertz CT molecular complexity index is 2050. The van der Waals surface area contributed by atoms with E-state index < -0.39 is 108 Å². The number of amides is 1. The van der Waals surface area contributed by atoms with Gasteiger partial charge >= 0.3 is 5.97 Å². The minimum atomic E-state index is -2.84. The molecular weight excluding hydrogens is 899 g/mol. The van der Waals surface area contributed by atoms with E-state index in [1.807, 2.05) is 20.8 Å². The lowest BCUT2D eigenvalue weighted by Crippen LogP contribution is -2.61. The van der Waals surface area contributed by atoms with Crippen LogP contribution in [0.15, 0.2) is 47.6 Å². The molecule has 0 aromatic rings. The molecule has 3 aliphatic heterocycles. The first-order valence-corrected chi connectivity index (χ1v) is 25.4. The summed E-state index contributed by atoms with van der Waals surface area (Å²) >= 11 is 0. The highest BCUT2D eigenvalue weighted by Crippen LogP contribution is 2.39. The summed E-state index contributed by atoms with van der Waals surface area (Å²) in [5.74, 6) is -11.1. The highest BCUT2D eigenvalue weighted by atomic mass is 16.6. The van der Waals surface area contributed by atoms with Crippen molar-refractivity contribution in [3.05, 3.63) is 47.6 Å². The van der Waals surface area contributed by atoms with Gasteiger partial charge in [-0.1, -0.05) is 84.9 Å². The predicted molar refractivity (Wildman–Crippen MR) is 265 cm³/mol. The number of fused-ring (bicyclic) bond motifs is 3. The minimum absolute atomic E-state index is 0.00425. The summed E-state index contributed by atoms with van der Waals surface area (Å²) in [7, 11) is 0.0669. The van der Waals surface area contributed by atoms with Crippen molar-refractivity contribution in [2.75, 3.05) is 41.0 Å². The smallest absolute Gasteiger partial charge is 0.329 e. The number of methoxy groups -OCH3 is 3. The molecule has 4 aliphatic rings. The molecule has 0 aromatic heterocycles. The third-order valence-electron chi connectivity index (χ3n) is 15.7. The fraction of sp³-hybridized carbons (Fsp3) is 0.764. The van der Waals surface area contributed by atoms with Gasteiger partial charge in [0, 0.05) is 59.8 Å². The number of Topliss-reactive ketones (excluding diaryl/α,β-unsaturated/α-hetero) is 3. The van der Waals surface area contributed by atoms with Gasteiger partial charge in [0.05, 0.1) is 41.7 Å². The van der Waals surface area contributed by atoms with Gasteiger partial charge in [-0.05, 0) is 106 Å². The molecule has 2 saturated heterocycles. The number of rotatable bonds is 9. The zero-order valence-electron chi connectivity index (χ0n) is 47.6. The number of ketones is 3. The summed E-state index contributed by atoms with van der Waals surface area (Å²) in [5, 5.41) is 33.1. The van der Waals surface area contributed by atoms with Gasteiger partial charge in [0.2, 0.25) is 5.79 Å². The van der Waals surface area contributed by atoms with Crippen molar-refractivity contribution in [2.24, 2.45) is 40.9 Å². The molecule has 0 radical (unpaired) electrons. The Balaban J connectivity index is 1.78. The molecule has 15 heteroatoms. The maximum Gasteiger partial charge on any atom is 0.329 e. The molecular formula is C55H87NO14. The van der Waals surface area contributed by atoms with E-state index in [-0.39, 0.29) is 74.9 Å². The van der Waals surface area contributed by atoms with Crippen molar-refractivity contribution >= 4 is 29.2 Å². The van der Waals surface area contributed by atoms with E-state index in [0.717, 1.165) is 11.3 Å². The van der Waals surface area contributed by atoms with Gasteiger partial charge in [0.15, 0.2) is 5.78 Å². The van der Waals surface area contributed by atoms with E-state index in [0.29, 0.717) is 44.1 Å². The first-order chi connectivity index (χ1) is 34.5. The Labute approximate surface area is 423 Å². The zero-order chi connectivity index (χ0) is 55.5. The molecule has 396 valence electrons. The maximum absolute atomic E-state index is 14.5. The number of aliphatic hydroxyl groups is 3. The quantitative estimate of drug-likeness (QED) is 0.123. The van der Waals surface area contributed by atoms with E-state index >= 15 is 0 Å². The van der Waals surface area contributed by atoms with E-state index in [9.17, 15) is 40.7 Å². The molecule has 15 atom stereocenters. The van der Waals surface area contributed by atoms with Gasteiger partial charge in [-0.15, -0.1) is 0 Å². The minimum Gasteiger partial charge on any atom is -0.460 e. The van der Waals surface area contributed by atoms with E-state index in [1.165, 1.54) is 7.11 Å². The molecule has 1 unspecified atom stereocenters. The Kier molecular flexibility index (Phi) is 20.4. The van der Waals surface area contributed by atoms with E-state index in [2.05, 4.69) is 0 Å². The van der Waals surface area contributed by atoms with Gasteiger partial charge in [-0.3, -0.25) is 19.2 Å². The molecule has 3 fully saturated rings. The van der Waals surface area contributed by atoms with E-state index in [1.54, 1.807) is 85.1 Å². The molecule has 0 aromatic carbocycles. The zero-order valence-corrected chi connectivity index (χ0v) is 43.6. The maximum atomic E-state index is 14.5. The molecule has 1 amide bonds. The van der Waals surface area contributed by atoms with Crippen molar-refractivity contribution in [1.82, 2.24) is 4.90 Å². The summed E-state index contributed by atoms with van der Waals surface area (Å²) in [6.45, 7) is 15.3. The number of allylic oxidation sites excluding steroid dienone is 6. The van der Waals surface area contributed by atoms with Crippen molar-refractivity contribution in [3.63, 3.8) is 0 Å². The lowest BCUT2D eigenvalue weighted by atomic mass is 9.71. The van der Waals surface area contributed by atoms with Gasteiger partial charge in [-0.25, -0.2) is 4.79 Å². The number of carbonyl (C=O) groups excluding carboxylic acids is 5. The van der Waals surface area contributed by atoms with Crippen LogP contribution in [0.5, 0.6) is 0 Å². The number of ether oxygens (including phenoxy) is 6. The predicted octanol–water partition coefficient (Wildman–Crippen LogP) is 6.83. The largest absolute Gasteiger partial charge is 0.460 e. The standard InChI is InChI=1S/C55H87NO14/c1-33-18-14-13-16-24-54(8,9)39(7)38(6)49(60)50(67-12)48(59)36(4)28-34(2)43(58)32-46(35(3)29-40-21-23-44(68-27-26-57)47(30-40)66-11)69-53(63)42-19-15-17-25-56(42)52(62)51(61)55(64)37(5)20-22-41(70-55)31-45(33)65-10/h13-14,16,18,24,28,34-35,37-42,44-48,50,57,59,64H,15,17,19-23,25-27,29-32H2,1-12H3/b14-13?,24-16+,33-18?,36-28+/t34-,35-,37-,38-,39?,40+,41+,42+,44-,45+,46+,47-,48-,50-,55-/m1/s1/i10D3,39D. The summed E-state index contributed by atoms with van der Waals surface area (Å²) in [5.41, 5.74) is -0.162. The third-order valence-corrected chi connectivity index (χ3v) is 15.7. The summed E-state index contributed by atoms with van der Waals surface area (Å²) in [4.78, 5) is 72.9. The normalized spacial score (nSPS) is 40.0. The fourth-order valence-corrected chi connectivity index (χ4v) is 10.5. The number of piperidine rings is 1.